The fourth-order valence-electron chi connectivity index (χ4n) is 3.88. The Morgan fingerprint density at radius 1 is 1.21 bits per heavy atom. The van der Waals surface area contributed by atoms with Crippen molar-refractivity contribution in [3.05, 3.63) is 23.5 Å². The molecule has 2 atom stereocenters. The van der Waals surface area contributed by atoms with E-state index >= 15 is 0 Å². The van der Waals surface area contributed by atoms with Gasteiger partial charge in [0.2, 0.25) is 5.91 Å². The number of carbonyl (C=O) groups is 2. The Labute approximate surface area is 176 Å². The van der Waals surface area contributed by atoms with Gasteiger partial charge in [0.1, 0.15) is 5.82 Å². The molecule has 2 amide bonds. The van der Waals surface area contributed by atoms with Crippen LogP contribution in [-0.4, -0.2) is 63.2 Å². The number of ether oxygens (including phenoxy) is 2. The van der Waals surface area contributed by atoms with Crippen molar-refractivity contribution in [3.63, 3.8) is 0 Å². The van der Waals surface area contributed by atoms with E-state index in [2.05, 4.69) is 10.6 Å². The topological polar surface area (TPSA) is 79.9 Å². The number of likely N-dealkylation sites (tertiary alicyclic amines) is 1. The summed E-state index contributed by atoms with van der Waals surface area (Å²) in [4.78, 5) is 26.7. The maximum absolute atomic E-state index is 14.4. The molecule has 0 spiro atoms. The van der Waals surface area contributed by atoms with Crippen LogP contribution in [0.2, 0.25) is 0 Å². The van der Waals surface area contributed by atoms with Crippen molar-refractivity contribution in [2.75, 3.05) is 40.4 Å². The zero-order valence-electron chi connectivity index (χ0n) is 16.8. The van der Waals surface area contributed by atoms with Crippen molar-refractivity contribution in [1.29, 1.82) is 0 Å². The smallest absolute Gasteiger partial charge is 0.256 e. The van der Waals surface area contributed by atoms with Gasteiger partial charge < -0.3 is 25.0 Å². The van der Waals surface area contributed by atoms with Crippen molar-refractivity contribution >= 4 is 24.2 Å². The lowest BCUT2D eigenvalue weighted by atomic mass is 9.97. The summed E-state index contributed by atoms with van der Waals surface area (Å²) in [7, 11) is 2.87. The quantitative estimate of drug-likeness (QED) is 0.722. The molecule has 0 aromatic heterocycles. The van der Waals surface area contributed by atoms with Gasteiger partial charge in [-0.25, -0.2) is 4.39 Å². The van der Waals surface area contributed by atoms with Crippen molar-refractivity contribution < 1.29 is 23.5 Å². The lowest BCUT2D eigenvalue weighted by Crippen LogP contribution is -2.46. The predicted octanol–water partition coefficient (Wildman–Crippen LogP) is 1.99. The summed E-state index contributed by atoms with van der Waals surface area (Å²) in [5.74, 6) is -0.260. The van der Waals surface area contributed by atoms with Gasteiger partial charge in [-0.1, -0.05) is 0 Å². The molecule has 2 heterocycles. The van der Waals surface area contributed by atoms with E-state index < -0.39 is 5.82 Å². The molecule has 2 N–H and O–H groups in total. The molecule has 0 saturated carbocycles. The Hall–Kier alpha value is -2.06. The molecule has 1 aromatic rings. The molecule has 0 aliphatic carbocycles. The second kappa shape index (κ2) is 10.6. The SMILES string of the molecule is COc1cc(F)c(C(=O)N2CCCC(CNC(=O)C3CCCN3)C2)cc1OC.Cl. The summed E-state index contributed by atoms with van der Waals surface area (Å²) in [6, 6.07) is 2.44. The van der Waals surface area contributed by atoms with E-state index in [-0.39, 0.29) is 47.5 Å². The minimum absolute atomic E-state index is 0. The summed E-state index contributed by atoms with van der Waals surface area (Å²) in [6.07, 6.45) is 3.62. The van der Waals surface area contributed by atoms with Crippen LogP contribution in [0.4, 0.5) is 4.39 Å². The maximum atomic E-state index is 14.4. The van der Waals surface area contributed by atoms with Crippen LogP contribution in [0.1, 0.15) is 36.0 Å². The largest absolute Gasteiger partial charge is 0.493 e. The van der Waals surface area contributed by atoms with E-state index in [1.165, 1.54) is 26.4 Å². The minimum atomic E-state index is -0.634. The number of nitrogens with zero attached hydrogens (tertiary/aromatic N) is 1. The Kier molecular flexibility index (Phi) is 8.52. The van der Waals surface area contributed by atoms with Crippen molar-refractivity contribution in [2.24, 2.45) is 5.92 Å². The predicted molar refractivity (Wildman–Crippen MR) is 109 cm³/mol. The summed E-state index contributed by atoms with van der Waals surface area (Å²) in [5, 5.41) is 6.17. The molecule has 7 nitrogen and oxygen atoms in total. The van der Waals surface area contributed by atoms with Crippen LogP contribution in [0.3, 0.4) is 0 Å². The first-order valence-corrected chi connectivity index (χ1v) is 9.75. The second-order valence-corrected chi connectivity index (χ2v) is 7.34. The van der Waals surface area contributed by atoms with Gasteiger partial charge in [0.05, 0.1) is 25.8 Å². The van der Waals surface area contributed by atoms with E-state index in [9.17, 15) is 14.0 Å². The number of halogens is 2. The molecule has 2 aliphatic heterocycles. The van der Waals surface area contributed by atoms with Crippen LogP contribution in [-0.2, 0) is 4.79 Å². The standard InChI is InChI=1S/C20H28FN3O4.ClH/c1-27-17-9-14(15(21)10-18(17)28-2)20(26)24-8-4-5-13(12-24)11-23-19(25)16-6-3-7-22-16;/h9-10,13,16,22H,3-8,11-12H2,1-2H3,(H,23,25);1H. The van der Waals surface area contributed by atoms with Crippen molar-refractivity contribution in [1.82, 2.24) is 15.5 Å². The highest BCUT2D eigenvalue weighted by atomic mass is 35.5. The number of nitrogens with one attached hydrogen (secondary N) is 2. The minimum Gasteiger partial charge on any atom is -0.493 e. The number of piperidine rings is 1. The van der Waals surface area contributed by atoms with Gasteiger partial charge in [-0.3, -0.25) is 9.59 Å². The molecule has 162 valence electrons. The lowest BCUT2D eigenvalue weighted by molar-refractivity contribution is -0.123. The van der Waals surface area contributed by atoms with Gasteiger partial charge >= 0.3 is 0 Å². The molecule has 3 rings (SSSR count). The number of methoxy groups -OCH3 is 2. The van der Waals surface area contributed by atoms with Crippen molar-refractivity contribution in [2.45, 2.75) is 31.7 Å². The highest BCUT2D eigenvalue weighted by Gasteiger charge is 2.28. The summed E-state index contributed by atoms with van der Waals surface area (Å²) >= 11 is 0. The van der Waals surface area contributed by atoms with E-state index in [0.29, 0.717) is 25.4 Å². The van der Waals surface area contributed by atoms with Gasteiger partial charge in [-0.15, -0.1) is 12.4 Å². The zero-order valence-corrected chi connectivity index (χ0v) is 17.6. The Bertz CT molecular complexity index is 728. The first-order chi connectivity index (χ1) is 13.5. The van der Waals surface area contributed by atoms with Gasteiger partial charge in [-0.2, -0.15) is 0 Å². The number of carbonyl (C=O) groups excluding carboxylic acids is 2. The molecule has 9 heteroatoms. The van der Waals surface area contributed by atoms with Crippen LogP contribution in [0.5, 0.6) is 11.5 Å². The summed E-state index contributed by atoms with van der Waals surface area (Å²) < 4.78 is 24.7. The van der Waals surface area contributed by atoms with Gasteiger partial charge in [-0.05, 0) is 44.2 Å². The first kappa shape index (κ1) is 23.2. The Balaban J connectivity index is 0.00000300. The van der Waals surface area contributed by atoms with Crippen LogP contribution in [0, 0.1) is 11.7 Å². The molecule has 2 aliphatic rings. The number of benzene rings is 1. The Morgan fingerprint density at radius 2 is 1.93 bits per heavy atom. The molecule has 2 fully saturated rings. The third kappa shape index (κ3) is 5.51. The highest BCUT2D eigenvalue weighted by molar-refractivity contribution is 5.95. The third-order valence-corrected chi connectivity index (χ3v) is 5.45. The van der Waals surface area contributed by atoms with Crippen LogP contribution in [0.25, 0.3) is 0 Å². The second-order valence-electron chi connectivity index (χ2n) is 7.34. The van der Waals surface area contributed by atoms with Crippen LogP contribution >= 0.6 is 12.4 Å². The third-order valence-electron chi connectivity index (χ3n) is 5.45. The van der Waals surface area contributed by atoms with E-state index in [1.54, 1.807) is 4.90 Å². The zero-order chi connectivity index (χ0) is 20.1. The van der Waals surface area contributed by atoms with E-state index in [0.717, 1.165) is 32.2 Å². The van der Waals surface area contributed by atoms with Crippen LogP contribution < -0.4 is 20.1 Å². The first-order valence-electron chi connectivity index (χ1n) is 9.75. The van der Waals surface area contributed by atoms with Crippen LogP contribution in [0.15, 0.2) is 12.1 Å². The fourth-order valence-corrected chi connectivity index (χ4v) is 3.88. The number of rotatable bonds is 6. The molecular weight excluding hydrogens is 401 g/mol. The number of hydrogen-bond acceptors (Lipinski definition) is 5. The molecule has 29 heavy (non-hydrogen) atoms. The highest BCUT2D eigenvalue weighted by Crippen LogP contribution is 2.31. The summed E-state index contributed by atoms with van der Waals surface area (Å²) in [5.41, 5.74) is -0.0301. The number of hydrogen-bond donors (Lipinski definition) is 2. The average Bonchev–Trinajstić information content (AvgIpc) is 3.26. The van der Waals surface area contributed by atoms with E-state index in [1.807, 2.05) is 0 Å². The van der Waals surface area contributed by atoms with E-state index in [4.69, 9.17) is 9.47 Å². The van der Waals surface area contributed by atoms with Gasteiger partial charge in [0.25, 0.3) is 5.91 Å². The van der Waals surface area contributed by atoms with Gasteiger partial charge in [0.15, 0.2) is 11.5 Å². The lowest BCUT2D eigenvalue weighted by Gasteiger charge is -2.33. The molecular formula is C20H29ClFN3O4. The molecule has 0 bridgehead atoms. The maximum Gasteiger partial charge on any atom is 0.256 e. The normalized spacial score (nSPS) is 21.3. The molecule has 0 radical (unpaired) electrons. The molecule has 2 saturated heterocycles. The number of amides is 2. The monoisotopic (exact) mass is 429 g/mol. The molecule has 1 aromatic carbocycles. The van der Waals surface area contributed by atoms with Gasteiger partial charge in [0, 0.05) is 25.7 Å². The van der Waals surface area contributed by atoms with Crippen molar-refractivity contribution in [3.8, 4) is 11.5 Å². The average molecular weight is 430 g/mol. The Morgan fingerprint density at radius 3 is 2.59 bits per heavy atom. The fraction of sp³-hybridized carbons (Fsp3) is 0.600. The molecule has 2 unspecified atom stereocenters. The summed E-state index contributed by atoms with van der Waals surface area (Å²) in [6.45, 7) is 2.46.